The minimum atomic E-state index is -0.486. The van der Waals surface area contributed by atoms with Crippen molar-refractivity contribution in [2.45, 2.75) is 58.7 Å². The highest BCUT2D eigenvalue weighted by atomic mass is 35.5. The predicted octanol–water partition coefficient (Wildman–Crippen LogP) is 4.66. The molecule has 0 spiro atoms. The van der Waals surface area contributed by atoms with Gasteiger partial charge in [0.1, 0.15) is 12.1 Å². The summed E-state index contributed by atoms with van der Waals surface area (Å²) in [4.78, 5) is 37.2. The van der Waals surface area contributed by atoms with Gasteiger partial charge in [0.2, 0.25) is 5.91 Å². The van der Waals surface area contributed by atoms with E-state index in [4.69, 9.17) is 17.3 Å². The van der Waals surface area contributed by atoms with Crippen LogP contribution in [0.1, 0.15) is 63.9 Å². The molecular weight excluding hydrogens is 531 g/mol. The van der Waals surface area contributed by atoms with Crippen molar-refractivity contribution < 1.29 is 14.0 Å². The highest BCUT2D eigenvalue weighted by Gasteiger charge is 2.28. The Morgan fingerprint density at radius 1 is 1.12 bits per heavy atom. The van der Waals surface area contributed by atoms with Crippen LogP contribution in [0.4, 0.5) is 10.1 Å². The first kappa shape index (κ1) is 29.4. The first-order valence-corrected chi connectivity index (χ1v) is 13.9. The summed E-state index contributed by atoms with van der Waals surface area (Å²) in [5.74, 6) is -0.934. The quantitative estimate of drug-likeness (QED) is 0.370. The average molecular weight is 567 g/mol. The molecule has 3 N–H and O–H groups in total. The number of nitrogens with two attached hydrogens (primary N) is 1. The minimum absolute atomic E-state index is 0.146. The molecule has 0 radical (unpaired) electrons. The van der Waals surface area contributed by atoms with Crippen LogP contribution in [-0.4, -0.2) is 58.4 Å². The summed E-state index contributed by atoms with van der Waals surface area (Å²) >= 11 is 6.18. The van der Waals surface area contributed by atoms with E-state index in [1.807, 2.05) is 26.0 Å². The number of halogens is 2. The van der Waals surface area contributed by atoms with Gasteiger partial charge in [-0.2, -0.15) is 0 Å². The number of amides is 2. The maximum absolute atomic E-state index is 14.7. The Balaban J connectivity index is 1.38. The molecule has 1 atom stereocenters. The number of likely N-dealkylation sites (tertiary alicyclic amines) is 1. The molecule has 1 unspecified atom stereocenters. The summed E-state index contributed by atoms with van der Waals surface area (Å²) in [5.41, 5.74) is 9.16. The van der Waals surface area contributed by atoms with Gasteiger partial charge in [-0.1, -0.05) is 11.6 Å². The van der Waals surface area contributed by atoms with Crippen LogP contribution in [0.5, 0.6) is 0 Å². The molecule has 4 rings (SSSR count). The second-order valence-electron chi connectivity index (χ2n) is 10.4. The molecular formula is C30H36ClFN6O2. The van der Waals surface area contributed by atoms with Crippen molar-refractivity contribution in [3.63, 3.8) is 0 Å². The topological polar surface area (TPSA) is 104 Å². The Morgan fingerprint density at radius 3 is 2.40 bits per heavy atom. The van der Waals surface area contributed by atoms with Gasteiger partial charge in [-0.3, -0.25) is 9.59 Å². The van der Waals surface area contributed by atoms with E-state index in [0.717, 1.165) is 38.0 Å². The van der Waals surface area contributed by atoms with Gasteiger partial charge in [-0.25, -0.2) is 14.4 Å². The molecule has 1 aliphatic heterocycles. The molecule has 1 saturated heterocycles. The number of aryl methyl sites for hydroxylation is 2. The molecule has 40 heavy (non-hydrogen) atoms. The second kappa shape index (κ2) is 13.2. The lowest BCUT2D eigenvalue weighted by molar-refractivity contribution is 0.0941. The van der Waals surface area contributed by atoms with E-state index < -0.39 is 5.91 Å². The van der Waals surface area contributed by atoms with Crippen LogP contribution in [0.15, 0.2) is 48.8 Å². The maximum atomic E-state index is 14.7. The van der Waals surface area contributed by atoms with E-state index in [2.05, 4.69) is 32.0 Å². The van der Waals surface area contributed by atoms with Crippen molar-refractivity contribution in [3.8, 4) is 0 Å². The molecule has 2 aromatic carbocycles. The number of carbonyl (C=O) groups excluding carboxylic acids is 2. The molecule has 1 aliphatic rings. The van der Waals surface area contributed by atoms with Crippen LogP contribution in [0.25, 0.3) is 0 Å². The standard InChI is InChI=1S/C30H36ClFN6O2/c1-19(10-13-34-30(40)28-20(2)35-18-36-21(28)3)37-14-11-26(12-15-37)38(17-23-16-24(31)6-9-27(23)32)25-7-4-22(5-8-25)29(33)39/h4-9,16,18-19,26H,10-15,17H2,1-3H3,(H2,33,39)(H,34,40). The number of primary amides is 1. The second-order valence-corrected chi connectivity index (χ2v) is 10.8. The zero-order chi connectivity index (χ0) is 28.8. The Hall–Kier alpha value is -3.56. The highest BCUT2D eigenvalue weighted by molar-refractivity contribution is 6.30. The average Bonchev–Trinajstić information content (AvgIpc) is 2.93. The van der Waals surface area contributed by atoms with Gasteiger partial charge in [0.15, 0.2) is 0 Å². The van der Waals surface area contributed by atoms with Crippen LogP contribution in [-0.2, 0) is 6.54 Å². The predicted molar refractivity (Wildman–Crippen MR) is 155 cm³/mol. The third-order valence-corrected chi connectivity index (χ3v) is 7.93. The molecule has 1 fully saturated rings. The SMILES string of the molecule is Cc1ncnc(C)c1C(=O)NCCC(C)N1CCC(N(Cc2cc(Cl)ccc2F)c2ccc(C(N)=O)cc2)CC1. The van der Waals surface area contributed by atoms with Gasteiger partial charge < -0.3 is 20.9 Å². The number of nitrogens with zero attached hydrogens (tertiary/aromatic N) is 4. The number of carbonyl (C=O) groups is 2. The fourth-order valence-electron chi connectivity index (χ4n) is 5.32. The van der Waals surface area contributed by atoms with E-state index in [1.54, 1.807) is 24.3 Å². The molecule has 10 heteroatoms. The molecule has 0 bridgehead atoms. The fraction of sp³-hybridized carbons (Fsp3) is 0.400. The lowest BCUT2D eigenvalue weighted by Crippen LogP contribution is -2.48. The zero-order valence-corrected chi connectivity index (χ0v) is 23.9. The number of hydrogen-bond acceptors (Lipinski definition) is 6. The minimum Gasteiger partial charge on any atom is -0.366 e. The van der Waals surface area contributed by atoms with Gasteiger partial charge in [-0.15, -0.1) is 0 Å². The van der Waals surface area contributed by atoms with Crippen molar-refractivity contribution in [2.75, 3.05) is 24.5 Å². The normalized spacial score (nSPS) is 15.0. The number of anilines is 1. The summed E-state index contributed by atoms with van der Waals surface area (Å²) in [5, 5.41) is 3.50. The van der Waals surface area contributed by atoms with Crippen molar-refractivity contribution in [1.82, 2.24) is 20.2 Å². The lowest BCUT2D eigenvalue weighted by atomic mass is 9.99. The third kappa shape index (κ3) is 7.14. The van der Waals surface area contributed by atoms with Crippen LogP contribution in [0, 0.1) is 19.7 Å². The largest absolute Gasteiger partial charge is 0.366 e. The number of rotatable bonds is 10. The first-order chi connectivity index (χ1) is 19.1. The van der Waals surface area contributed by atoms with Gasteiger partial charge in [0.25, 0.3) is 5.91 Å². The van der Waals surface area contributed by atoms with Crippen LogP contribution >= 0.6 is 11.6 Å². The number of nitrogens with one attached hydrogen (secondary N) is 1. The first-order valence-electron chi connectivity index (χ1n) is 13.5. The van der Waals surface area contributed by atoms with Gasteiger partial charge >= 0.3 is 0 Å². The molecule has 1 aromatic heterocycles. The Bertz CT molecular complexity index is 1320. The van der Waals surface area contributed by atoms with Gasteiger partial charge in [-0.05, 0) is 82.5 Å². The molecule has 2 amide bonds. The Kier molecular flexibility index (Phi) is 9.71. The number of benzene rings is 2. The summed E-state index contributed by atoms with van der Waals surface area (Å²) in [7, 11) is 0. The van der Waals surface area contributed by atoms with Crippen LogP contribution < -0.4 is 16.0 Å². The number of aromatic nitrogens is 2. The van der Waals surface area contributed by atoms with E-state index in [0.29, 0.717) is 46.2 Å². The molecule has 2 heterocycles. The van der Waals surface area contributed by atoms with Crippen LogP contribution in [0.3, 0.4) is 0 Å². The number of piperidine rings is 1. The summed E-state index contributed by atoms with van der Waals surface area (Å²) in [6.45, 7) is 8.46. The molecule has 8 nitrogen and oxygen atoms in total. The van der Waals surface area contributed by atoms with Gasteiger partial charge in [0.05, 0.1) is 17.0 Å². The monoisotopic (exact) mass is 566 g/mol. The van der Waals surface area contributed by atoms with Crippen molar-refractivity contribution in [2.24, 2.45) is 5.73 Å². The number of hydrogen-bond donors (Lipinski definition) is 2. The van der Waals surface area contributed by atoms with Gasteiger partial charge in [0, 0.05) is 60.1 Å². The Morgan fingerprint density at radius 2 is 1.77 bits per heavy atom. The fourth-order valence-corrected chi connectivity index (χ4v) is 5.52. The smallest absolute Gasteiger partial charge is 0.254 e. The molecule has 212 valence electrons. The summed E-state index contributed by atoms with van der Waals surface area (Å²) in [6, 6.07) is 12.2. The van der Waals surface area contributed by atoms with E-state index in [-0.39, 0.29) is 23.8 Å². The molecule has 0 saturated carbocycles. The zero-order valence-electron chi connectivity index (χ0n) is 23.2. The van der Waals surface area contributed by atoms with Crippen molar-refractivity contribution in [3.05, 3.63) is 87.7 Å². The molecule has 3 aromatic rings. The summed E-state index contributed by atoms with van der Waals surface area (Å²) in [6.07, 6.45) is 4.05. The van der Waals surface area contributed by atoms with Crippen LogP contribution in [0.2, 0.25) is 5.02 Å². The van der Waals surface area contributed by atoms with Crippen molar-refractivity contribution >= 4 is 29.1 Å². The van der Waals surface area contributed by atoms with E-state index in [1.165, 1.54) is 12.4 Å². The Labute approximate surface area is 239 Å². The lowest BCUT2D eigenvalue weighted by Gasteiger charge is -2.42. The van der Waals surface area contributed by atoms with E-state index in [9.17, 15) is 14.0 Å². The highest BCUT2D eigenvalue weighted by Crippen LogP contribution is 2.29. The third-order valence-electron chi connectivity index (χ3n) is 7.70. The van der Waals surface area contributed by atoms with E-state index >= 15 is 0 Å². The van der Waals surface area contributed by atoms with Crippen molar-refractivity contribution in [1.29, 1.82) is 0 Å². The maximum Gasteiger partial charge on any atom is 0.254 e. The summed E-state index contributed by atoms with van der Waals surface area (Å²) < 4.78 is 14.7. The molecule has 0 aliphatic carbocycles.